The third kappa shape index (κ3) is 3.81. The van der Waals surface area contributed by atoms with Crippen LogP contribution < -0.4 is 9.47 Å². The SMILES string of the molecule is CCCc1noc(COc2c(C=O)cccc2OCC)n1. The molecule has 0 atom stereocenters. The maximum Gasteiger partial charge on any atom is 0.264 e. The Balaban J connectivity index is 2.12. The van der Waals surface area contributed by atoms with Gasteiger partial charge in [-0.2, -0.15) is 4.98 Å². The van der Waals surface area contributed by atoms with Crippen LogP contribution in [0.25, 0.3) is 0 Å². The molecule has 0 saturated carbocycles. The summed E-state index contributed by atoms with van der Waals surface area (Å²) in [6, 6.07) is 5.16. The average Bonchev–Trinajstić information content (AvgIpc) is 2.94. The Labute approximate surface area is 123 Å². The predicted molar refractivity (Wildman–Crippen MR) is 75.6 cm³/mol. The summed E-state index contributed by atoms with van der Waals surface area (Å²) in [6.07, 6.45) is 2.44. The van der Waals surface area contributed by atoms with E-state index in [1.54, 1.807) is 18.2 Å². The monoisotopic (exact) mass is 290 g/mol. The molecule has 1 aromatic heterocycles. The van der Waals surface area contributed by atoms with Crippen molar-refractivity contribution in [1.82, 2.24) is 10.1 Å². The van der Waals surface area contributed by atoms with Crippen LogP contribution in [-0.4, -0.2) is 23.0 Å². The van der Waals surface area contributed by atoms with Crippen molar-refractivity contribution < 1.29 is 18.8 Å². The smallest absolute Gasteiger partial charge is 0.264 e. The minimum Gasteiger partial charge on any atom is -0.490 e. The van der Waals surface area contributed by atoms with Crippen LogP contribution in [0.2, 0.25) is 0 Å². The molecule has 0 aliphatic heterocycles. The van der Waals surface area contributed by atoms with Crippen LogP contribution in [0.5, 0.6) is 11.5 Å². The number of ether oxygens (including phenoxy) is 2. The van der Waals surface area contributed by atoms with Gasteiger partial charge in [-0.05, 0) is 25.5 Å². The van der Waals surface area contributed by atoms with Gasteiger partial charge in [-0.3, -0.25) is 4.79 Å². The van der Waals surface area contributed by atoms with E-state index >= 15 is 0 Å². The van der Waals surface area contributed by atoms with Gasteiger partial charge in [0.2, 0.25) is 0 Å². The van der Waals surface area contributed by atoms with Crippen molar-refractivity contribution in [2.75, 3.05) is 6.61 Å². The Hall–Kier alpha value is -2.37. The lowest BCUT2D eigenvalue weighted by Gasteiger charge is -2.12. The number of rotatable bonds is 8. The maximum absolute atomic E-state index is 11.1. The van der Waals surface area contributed by atoms with Gasteiger partial charge >= 0.3 is 0 Å². The summed E-state index contributed by atoms with van der Waals surface area (Å²) in [5, 5.41) is 3.85. The van der Waals surface area contributed by atoms with Crippen molar-refractivity contribution >= 4 is 6.29 Å². The summed E-state index contributed by atoms with van der Waals surface area (Å²) in [7, 11) is 0. The number of aromatic nitrogens is 2. The largest absolute Gasteiger partial charge is 0.490 e. The van der Waals surface area contributed by atoms with Gasteiger partial charge in [0.15, 0.2) is 30.2 Å². The van der Waals surface area contributed by atoms with Crippen LogP contribution in [0.1, 0.15) is 42.3 Å². The Kier molecular flexibility index (Phi) is 5.31. The zero-order valence-electron chi connectivity index (χ0n) is 12.2. The standard InChI is InChI=1S/C15H18N2O4/c1-3-6-13-16-14(21-17-13)10-20-15-11(9-18)7-5-8-12(15)19-4-2/h5,7-9H,3-4,6,10H2,1-2H3. The molecule has 2 aromatic rings. The van der Waals surface area contributed by atoms with Gasteiger partial charge in [-0.15, -0.1) is 0 Å². The van der Waals surface area contributed by atoms with Crippen LogP contribution >= 0.6 is 0 Å². The van der Waals surface area contributed by atoms with Crippen LogP contribution in [0.15, 0.2) is 22.7 Å². The second-order valence-corrected chi connectivity index (χ2v) is 4.37. The lowest BCUT2D eigenvalue weighted by molar-refractivity contribution is 0.111. The second-order valence-electron chi connectivity index (χ2n) is 4.37. The van der Waals surface area contributed by atoms with Crippen LogP contribution in [0.3, 0.4) is 0 Å². The number of nitrogens with zero attached hydrogens (tertiary/aromatic N) is 2. The van der Waals surface area contributed by atoms with Gasteiger partial charge < -0.3 is 14.0 Å². The fourth-order valence-electron chi connectivity index (χ4n) is 1.86. The number of hydrogen-bond acceptors (Lipinski definition) is 6. The molecule has 6 heteroatoms. The minimum atomic E-state index is 0.0989. The molecule has 0 saturated heterocycles. The van der Waals surface area contributed by atoms with Crippen LogP contribution in [-0.2, 0) is 13.0 Å². The highest BCUT2D eigenvalue weighted by Crippen LogP contribution is 2.31. The van der Waals surface area contributed by atoms with Crippen molar-refractivity contribution in [2.24, 2.45) is 0 Å². The summed E-state index contributed by atoms with van der Waals surface area (Å²) in [5.74, 6) is 1.95. The number of hydrogen-bond donors (Lipinski definition) is 0. The van der Waals surface area contributed by atoms with Gasteiger partial charge in [-0.25, -0.2) is 0 Å². The van der Waals surface area contributed by atoms with E-state index < -0.39 is 0 Å². The highest BCUT2D eigenvalue weighted by Gasteiger charge is 2.13. The van der Waals surface area contributed by atoms with Gasteiger partial charge in [0.05, 0.1) is 12.2 Å². The maximum atomic E-state index is 11.1. The summed E-state index contributed by atoms with van der Waals surface area (Å²) in [5.41, 5.74) is 0.425. The molecular formula is C15H18N2O4. The lowest BCUT2D eigenvalue weighted by atomic mass is 10.2. The number of carbonyl (C=O) groups excluding carboxylic acids is 1. The molecule has 0 aliphatic carbocycles. The molecule has 0 fully saturated rings. The lowest BCUT2D eigenvalue weighted by Crippen LogP contribution is -2.02. The van der Waals surface area contributed by atoms with E-state index in [1.165, 1.54) is 0 Å². The molecule has 0 N–H and O–H groups in total. The van der Waals surface area contributed by atoms with Crippen molar-refractivity contribution in [3.8, 4) is 11.5 Å². The van der Waals surface area contributed by atoms with Crippen LogP contribution in [0.4, 0.5) is 0 Å². The number of carbonyl (C=O) groups is 1. The number of para-hydroxylation sites is 1. The topological polar surface area (TPSA) is 74.5 Å². The Morgan fingerprint density at radius 1 is 1.29 bits per heavy atom. The molecule has 0 amide bonds. The number of aryl methyl sites for hydroxylation is 1. The first-order chi connectivity index (χ1) is 10.3. The molecule has 0 spiro atoms. The normalized spacial score (nSPS) is 10.4. The Morgan fingerprint density at radius 3 is 2.86 bits per heavy atom. The summed E-state index contributed by atoms with van der Waals surface area (Å²) < 4.78 is 16.2. The van der Waals surface area contributed by atoms with E-state index in [-0.39, 0.29) is 6.61 Å². The molecule has 0 bridgehead atoms. The van der Waals surface area contributed by atoms with Crippen LogP contribution in [0, 0.1) is 0 Å². The molecular weight excluding hydrogens is 272 g/mol. The first-order valence-electron chi connectivity index (χ1n) is 6.93. The molecule has 0 aliphatic rings. The summed E-state index contributed by atoms with van der Waals surface area (Å²) >= 11 is 0. The van der Waals surface area contributed by atoms with Gasteiger partial charge in [0.25, 0.3) is 5.89 Å². The molecule has 0 radical (unpaired) electrons. The number of benzene rings is 1. The zero-order valence-corrected chi connectivity index (χ0v) is 12.2. The molecule has 1 heterocycles. The third-order valence-corrected chi connectivity index (χ3v) is 2.76. The fraction of sp³-hybridized carbons (Fsp3) is 0.400. The van der Waals surface area contributed by atoms with Gasteiger partial charge in [0.1, 0.15) is 0 Å². The van der Waals surface area contributed by atoms with Crippen molar-refractivity contribution in [1.29, 1.82) is 0 Å². The highest BCUT2D eigenvalue weighted by molar-refractivity contribution is 5.81. The van der Waals surface area contributed by atoms with E-state index in [4.69, 9.17) is 14.0 Å². The van der Waals surface area contributed by atoms with E-state index in [0.29, 0.717) is 35.4 Å². The molecule has 0 unspecified atom stereocenters. The summed E-state index contributed by atoms with van der Waals surface area (Å²) in [4.78, 5) is 15.3. The van der Waals surface area contributed by atoms with Crippen molar-refractivity contribution in [3.63, 3.8) is 0 Å². The molecule has 112 valence electrons. The van der Waals surface area contributed by atoms with Gasteiger partial charge in [-0.1, -0.05) is 18.1 Å². The third-order valence-electron chi connectivity index (χ3n) is 2.76. The Bertz CT molecular complexity index is 595. The first-order valence-corrected chi connectivity index (χ1v) is 6.93. The highest BCUT2D eigenvalue weighted by atomic mass is 16.5. The first kappa shape index (κ1) is 15.0. The second kappa shape index (κ2) is 7.42. The average molecular weight is 290 g/mol. The molecule has 2 rings (SSSR count). The summed E-state index contributed by atoms with van der Waals surface area (Å²) in [6.45, 7) is 4.50. The van der Waals surface area contributed by atoms with E-state index in [9.17, 15) is 4.79 Å². The predicted octanol–water partition coefficient (Wildman–Crippen LogP) is 2.81. The van der Waals surface area contributed by atoms with Gasteiger partial charge in [0, 0.05) is 6.42 Å². The molecule has 21 heavy (non-hydrogen) atoms. The van der Waals surface area contributed by atoms with E-state index in [2.05, 4.69) is 10.1 Å². The zero-order chi connectivity index (χ0) is 15.1. The Morgan fingerprint density at radius 2 is 2.14 bits per heavy atom. The van der Waals surface area contributed by atoms with Crippen molar-refractivity contribution in [2.45, 2.75) is 33.3 Å². The minimum absolute atomic E-state index is 0.0989. The fourth-order valence-corrected chi connectivity index (χ4v) is 1.86. The molecule has 6 nitrogen and oxygen atoms in total. The van der Waals surface area contributed by atoms with E-state index in [1.807, 2.05) is 13.8 Å². The van der Waals surface area contributed by atoms with Crippen molar-refractivity contribution in [3.05, 3.63) is 35.5 Å². The quantitative estimate of drug-likeness (QED) is 0.696. The molecule has 1 aromatic carbocycles. The van der Waals surface area contributed by atoms with E-state index in [0.717, 1.165) is 19.1 Å². The number of aldehydes is 1.